The van der Waals surface area contributed by atoms with E-state index in [1.807, 2.05) is 42.5 Å². The number of carbonyl (C=O) groups is 1. The summed E-state index contributed by atoms with van der Waals surface area (Å²) in [7, 11) is 0. The molecule has 0 fully saturated rings. The van der Waals surface area contributed by atoms with Crippen LogP contribution in [0.3, 0.4) is 0 Å². The summed E-state index contributed by atoms with van der Waals surface area (Å²) in [6.07, 6.45) is 0. The molecular weight excluding hydrogens is 430 g/mol. The first-order chi connectivity index (χ1) is 15.1. The Morgan fingerprint density at radius 1 is 1.00 bits per heavy atom. The highest BCUT2D eigenvalue weighted by Crippen LogP contribution is 2.27. The number of fused-ring (bicyclic) bond motifs is 1. The third-order valence-electron chi connectivity index (χ3n) is 4.73. The highest BCUT2D eigenvalue weighted by atomic mass is 35.5. The average molecular weight is 446 g/mol. The first-order valence-electron chi connectivity index (χ1n) is 9.53. The van der Waals surface area contributed by atoms with Gasteiger partial charge >= 0.3 is 0 Å². The molecule has 3 heterocycles. The first kappa shape index (κ1) is 19.4. The van der Waals surface area contributed by atoms with Crippen LogP contribution >= 0.6 is 22.9 Å². The molecule has 2 aromatic carbocycles. The lowest BCUT2D eigenvalue weighted by atomic mass is 10.1. The molecule has 5 rings (SSSR count). The predicted octanol–water partition coefficient (Wildman–Crippen LogP) is 5.73. The van der Waals surface area contributed by atoms with Crippen molar-refractivity contribution in [2.75, 3.05) is 5.32 Å². The Bertz CT molecular complexity index is 1420. The van der Waals surface area contributed by atoms with E-state index < -0.39 is 0 Å². The van der Waals surface area contributed by atoms with Gasteiger partial charge in [0.25, 0.3) is 5.91 Å². The number of halogens is 1. The summed E-state index contributed by atoms with van der Waals surface area (Å²) in [5.74, 6) is 0.484. The molecule has 0 unspecified atom stereocenters. The van der Waals surface area contributed by atoms with E-state index in [9.17, 15) is 4.79 Å². The van der Waals surface area contributed by atoms with Gasteiger partial charge in [-0.05, 0) is 61.5 Å². The van der Waals surface area contributed by atoms with Crippen molar-refractivity contribution in [3.8, 4) is 22.0 Å². The number of nitrogens with zero attached hydrogens (tertiary/aromatic N) is 4. The van der Waals surface area contributed by atoms with Gasteiger partial charge in [-0.3, -0.25) is 4.79 Å². The number of hydrogen-bond donors (Lipinski definition) is 1. The van der Waals surface area contributed by atoms with E-state index in [-0.39, 0.29) is 5.91 Å². The van der Waals surface area contributed by atoms with Crippen molar-refractivity contribution < 1.29 is 4.79 Å². The third-order valence-corrected chi connectivity index (χ3v) is 5.96. The Hall–Kier alpha value is -3.55. The largest absolute Gasteiger partial charge is 0.322 e. The molecule has 3 aromatic heterocycles. The second-order valence-electron chi connectivity index (χ2n) is 6.97. The molecular formula is C23H16ClN5OS. The van der Waals surface area contributed by atoms with E-state index in [2.05, 4.69) is 28.5 Å². The van der Waals surface area contributed by atoms with Gasteiger partial charge in [0.2, 0.25) is 0 Å². The molecule has 0 aliphatic carbocycles. The van der Waals surface area contributed by atoms with E-state index in [0.717, 1.165) is 16.1 Å². The normalized spacial score (nSPS) is 11.0. The van der Waals surface area contributed by atoms with Gasteiger partial charge in [0.05, 0.1) is 10.6 Å². The Kier molecular flexibility index (Phi) is 4.97. The van der Waals surface area contributed by atoms with Crippen LogP contribution in [0.1, 0.15) is 15.2 Å². The van der Waals surface area contributed by atoms with Gasteiger partial charge in [-0.2, -0.15) is 9.61 Å². The highest BCUT2D eigenvalue weighted by Gasteiger charge is 2.13. The molecule has 6 nitrogen and oxygen atoms in total. The number of nitrogens with one attached hydrogen (secondary N) is 1. The summed E-state index contributed by atoms with van der Waals surface area (Å²) in [5, 5.41) is 16.7. The Balaban J connectivity index is 1.47. The smallest absolute Gasteiger partial charge is 0.255 e. The van der Waals surface area contributed by atoms with Crippen molar-refractivity contribution in [1.29, 1.82) is 0 Å². The molecule has 1 amide bonds. The first-order valence-corrected chi connectivity index (χ1v) is 10.7. The van der Waals surface area contributed by atoms with E-state index in [0.29, 0.717) is 27.7 Å². The van der Waals surface area contributed by atoms with Gasteiger partial charge in [0, 0.05) is 26.7 Å². The Morgan fingerprint density at radius 2 is 1.87 bits per heavy atom. The Morgan fingerprint density at radius 3 is 2.68 bits per heavy atom. The fourth-order valence-corrected chi connectivity index (χ4v) is 4.27. The van der Waals surface area contributed by atoms with E-state index in [1.54, 1.807) is 40.1 Å². The quantitative estimate of drug-likeness (QED) is 0.383. The average Bonchev–Trinajstić information content (AvgIpc) is 3.39. The topological polar surface area (TPSA) is 72.2 Å². The van der Waals surface area contributed by atoms with Crippen molar-refractivity contribution in [1.82, 2.24) is 19.8 Å². The maximum absolute atomic E-state index is 12.6. The maximum atomic E-state index is 12.6. The molecule has 0 bridgehead atoms. The lowest BCUT2D eigenvalue weighted by molar-refractivity contribution is 0.102. The number of rotatable bonds is 4. The lowest BCUT2D eigenvalue weighted by Gasteiger charge is -2.08. The van der Waals surface area contributed by atoms with Gasteiger partial charge in [0.1, 0.15) is 0 Å². The maximum Gasteiger partial charge on any atom is 0.255 e. The van der Waals surface area contributed by atoms with E-state index >= 15 is 0 Å². The molecule has 0 spiro atoms. The molecule has 0 atom stereocenters. The summed E-state index contributed by atoms with van der Waals surface area (Å²) in [5.41, 5.74) is 3.46. The number of aryl methyl sites for hydroxylation is 1. The van der Waals surface area contributed by atoms with Crippen LogP contribution in [0.5, 0.6) is 0 Å². The summed E-state index contributed by atoms with van der Waals surface area (Å²) in [4.78, 5) is 14.8. The fraction of sp³-hybridized carbons (Fsp3) is 0.0435. The molecule has 0 saturated carbocycles. The number of hydrogen-bond acceptors (Lipinski definition) is 5. The molecule has 1 N–H and O–H groups in total. The minimum atomic E-state index is -0.225. The number of anilines is 1. The van der Waals surface area contributed by atoms with Crippen molar-refractivity contribution in [2.45, 2.75) is 6.92 Å². The zero-order chi connectivity index (χ0) is 21.4. The van der Waals surface area contributed by atoms with Crippen LogP contribution in [0.25, 0.3) is 27.6 Å². The minimum Gasteiger partial charge on any atom is -0.322 e. The monoisotopic (exact) mass is 445 g/mol. The standard InChI is InChI=1S/C23H16ClN5OS/c1-14-8-10-20(31-14)22-27-26-21-11-9-19(28-29(21)22)15-4-3-7-18(13-15)25-23(30)16-5-2-6-17(24)12-16/h2-13H,1H3,(H,25,30). The molecule has 8 heteroatoms. The number of carbonyl (C=O) groups excluding carboxylic acids is 1. The van der Waals surface area contributed by atoms with Crippen LogP contribution < -0.4 is 5.32 Å². The van der Waals surface area contributed by atoms with Gasteiger partial charge < -0.3 is 5.32 Å². The predicted molar refractivity (Wildman–Crippen MR) is 124 cm³/mol. The van der Waals surface area contributed by atoms with E-state index in [1.165, 1.54) is 4.88 Å². The fourth-order valence-electron chi connectivity index (χ4n) is 3.24. The van der Waals surface area contributed by atoms with Crippen molar-refractivity contribution in [3.63, 3.8) is 0 Å². The van der Waals surface area contributed by atoms with Crippen LogP contribution in [0.2, 0.25) is 5.02 Å². The molecule has 5 aromatic rings. The number of aromatic nitrogens is 4. The zero-order valence-corrected chi connectivity index (χ0v) is 18.0. The van der Waals surface area contributed by atoms with Crippen LogP contribution in [0.15, 0.2) is 72.8 Å². The SMILES string of the molecule is Cc1ccc(-c2nnc3ccc(-c4cccc(NC(=O)c5cccc(Cl)c5)c4)nn23)s1. The summed E-state index contributed by atoms with van der Waals surface area (Å²) >= 11 is 7.64. The highest BCUT2D eigenvalue weighted by molar-refractivity contribution is 7.15. The number of amides is 1. The van der Waals surface area contributed by atoms with Crippen LogP contribution in [-0.4, -0.2) is 25.7 Å². The van der Waals surface area contributed by atoms with E-state index in [4.69, 9.17) is 16.7 Å². The van der Waals surface area contributed by atoms with Gasteiger partial charge in [0.15, 0.2) is 11.5 Å². The minimum absolute atomic E-state index is 0.225. The summed E-state index contributed by atoms with van der Waals surface area (Å²) in [6.45, 7) is 2.05. The lowest BCUT2D eigenvalue weighted by Crippen LogP contribution is -2.11. The molecule has 0 saturated heterocycles. The van der Waals surface area contributed by atoms with Gasteiger partial charge in [-0.1, -0.05) is 29.8 Å². The summed E-state index contributed by atoms with van der Waals surface area (Å²) in [6, 6.07) is 22.2. The van der Waals surface area contributed by atoms with Crippen LogP contribution in [-0.2, 0) is 0 Å². The molecule has 152 valence electrons. The molecule has 31 heavy (non-hydrogen) atoms. The van der Waals surface area contributed by atoms with Gasteiger partial charge in [-0.15, -0.1) is 21.5 Å². The number of benzene rings is 2. The second kappa shape index (κ2) is 7.94. The number of thiophene rings is 1. The van der Waals surface area contributed by atoms with Crippen LogP contribution in [0.4, 0.5) is 5.69 Å². The van der Waals surface area contributed by atoms with Crippen LogP contribution in [0, 0.1) is 6.92 Å². The van der Waals surface area contributed by atoms with Gasteiger partial charge in [-0.25, -0.2) is 0 Å². The van der Waals surface area contributed by atoms with Crippen molar-refractivity contribution in [2.24, 2.45) is 0 Å². The second-order valence-corrected chi connectivity index (χ2v) is 8.69. The molecule has 0 aliphatic rings. The molecule has 0 radical (unpaired) electrons. The Labute approximate surface area is 187 Å². The van der Waals surface area contributed by atoms with Crippen molar-refractivity contribution >= 4 is 40.2 Å². The van der Waals surface area contributed by atoms with Crippen molar-refractivity contribution in [3.05, 3.63) is 88.3 Å². The summed E-state index contributed by atoms with van der Waals surface area (Å²) < 4.78 is 1.75. The molecule has 0 aliphatic heterocycles. The zero-order valence-electron chi connectivity index (χ0n) is 16.4. The third kappa shape index (κ3) is 3.93.